The number of thioether (sulfide) groups is 1. The predicted molar refractivity (Wildman–Crippen MR) is 74.9 cm³/mol. The van der Waals surface area contributed by atoms with Crippen LogP contribution in [-0.2, 0) is 16.6 Å². The maximum atomic E-state index is 12.2. The van der Waals surface area contributed by atoms with Crippen molar-refractivity contribution in [3.05, 3.63) is 23.9 Å². The standard InChI is InChI=1S/C11H19N3O2S2/c1-14(6-3-7-17-2)18(15,16)11-5-4-10(8-12)9-13-11/h4-5,9H,3,6-8,12H2,1-2H3. The van der Waals surface area contributed by atoms with E-state index in [2.05, 4.69) is 4.98 Å². The molecule has 7 heteroatoms. The molecule has 5 nitrogen and oxygen atoms in total. The summed E-state index contributed by atoms with van der Waals surface area (Å²) in [5.74, 6) is 0.944. The van der Waals surface area contributed by atoms with Gasteiger partial charge in [0.25, 0.3) is 10.0 Å². The molecule has 18 heavy (non-hydrogen) atoms. The van der Waals surface area contributed by atoms with Crippen LogP contribution in [0.2, 0.25) is 0 Å². The lowest BCUT2D eigenvalue weighted by Gasteiger charge is -2.16. The molecule has 0 unspecified atom stereocenters. The first-order valence-corrected chi connectivity index (χ1v) is 8.46. The number of rotatable bonds is 7. The average Bonchev–Trinajstić information content (AvgIpc) is 2.39. The first-order chi connectivity index (χ1) is 8.52. The van der Waals surface area contributed by atoms with Crippen LogP contribution in [0.3, 0.4) is 0 Å². The summed E-state index contributed by atoms with van der Waals surface area (Å²) in [6, 6.07) is 3.19. The summed E-state index contributed by atoms with van der Waals surface area (Å²) in [5.41, 5.74) is 6.27. The second-order valence-electron chi connectivity index (χ2n) is 3.88. The van der Waals surface area contributed by atoms with Gasteiger partial charge in [0.2, 0.25) is 0 Å². The van der Waals surface area contributed by atoms with E-state index in [0.717, 1.165) is 17.7 Å². The van der Waals surface area contributed by atoms with Crippen molar-refractivity contribution >= 4 is 21.8 Å². The summed E-state index contributed by atoms with van der Waals surface area (Å²) in [4.78, 5) is 3.96. The van der Waals surface area contributed by atoms with Crippen molar-refractivity contribution in [3.63, 3.8) is 0 Å². The Morgan fingerprint density at radius 3 is 2.67 bits per heavy atom. The van der Waals surface area contributed by atoms with Crippen LogP contribution in [0.1, 0.15) is 12.0 Å². The zero-order chi connectivity index (χ0) is 13.6. The highest BCUT2D eigenvalue weighted by Crippen LogP contribution is 2.12. The van der Waals surface area contributed by atoms with Gasteiger partial charge in [-0.25, -0.2) is 13.4 Å². The van der Waals surface area contributed by atoms with Crippen molar-refractivity contribution in [1.29, 1.82) is 0 Å². The van der Waals surface area contributed by atoms with Crippen LogP contribution in [0.25, 0.3) is 0 Å². The van der Waals surface area contributed by atoms with Crippen molar-refractivity contribution in [2.24, 2.45) is 5.73 Å². The normalized spacial score (nSPS) is 12.0. The Morgan fingerprint density at radius 2 is 2.17 bits per heavy atom. The number of sulfonamides is 1. The van der Waals surface area contributed by atoms with E-state index in [1.165, 1.54) is 16.6 Å². The first kappa shape index (κ1) is 15.4. The number of nitrogens with two attached hydrogens (primary N) is 1. The summed E-state index contributed by atoms with van der Waals surface area (Å²) < 4.78 is 25.6. The number of hydrogen-bond donors (Lipinski definition) is 1. The molecule has 0 aliphatic carbocycles. The monoisotopic (exact) mass is 289 g/mol. The molecule has 0 saturated heterocycles. The van der Waals surface area contributed by atoms with Crippen molar-refractivity contribution in [1.82, 2.24) is 9.29 Å². The molecule has 0 spiro atoms. The van der Waals surface area contributed by atoms with Gasteiger partial charge < -0.3 is 5.73 Å². The van der Waals surface area contributed by atoms with Crippen molar-refractivity contribution in [2.75, 3.05) is 25.6 Å². The fourth-order valence-corrected chi connectivity index (χ4v) is 2.93. The Balaban J connectivity index is 2.77. The number of pyridine rings is 1. The Labute approximate surface area is 113 Å². The fraction of sp³-hybridized carbons (Fsp3) is 0.545. The van der Waals surface area contributed by atoms with Crippen molar-refractivity contribution in [3.8, 4) is 0 Å². The van der Waals surface area contributed by atoms with Gasteiger partial charge in [-0.1, -0.05) is 6.07 Å². The molecule has 2 N–H and O–H groups in total. The SMILES string of the molecule is CSCCCN(C)S(=O)(=O)c1ccc(CN)cn1. The topological polar surface area (TPSA) is 76.3 Å². The largest absolute Gasteiger partial charge is 0.326 e. The van der Waals surface area contributed by atoms with Crippen LogP contribution < -0.4 is 5.73 Å². The molecule has 0 aromatic carbocycles. The minimum atomic E-state index is -3.47. The van der Waals surface area contributed by atoms with Gasteiger partial charge in [0.15, 0.2) is 5.03 Å². The van der Waals surface area contributed by atoms with E-state index >= 15 is 0 Å². The maximum Gasteiger partial charge on any atom is 0.260 e. The fourth-order valence-electron chi connectivity index (χ4n) is 1.40. The average molecular weight is 289 g/mol. The summed E-state index contributed by atoms with van der Waals surface area (Å²) in [5, 5.41) is 0.0753. The third kappa shape index (κ3) is 3.94. The van der Waals surface area contributed by atoms with Gasteiger partial charge in [0, 0.05) is 26.3 Å². The van der Waals surface area contributed by atoms with E-state index in [0.29, 0.717) is 13.1 Å². The van der Waals surface area contributed by atoms with E-state index in [9.17, 15) is 8.42 Å². The molecule has 0 amide bonds. The number of nitrogens with zero attached hydrogens (tertiary/aromatic N) is 2. The summed E-state index contributed by atoms with van der Waals surface area (Å²) in [6.45, 7) is 0.861. The molecular formula is C11H19N3O2S2. The molecule has 1 rings (SSSR count). The lowest BCUT2D eigenvalue weighted by atomic mass is 10.3. The molecule has 0 saturated carbocycles. The zero-order valence-electron chi connectivity index (χ0n) is 10.7. The van der Waals surface area contributed by atoms with E-state index in [1.807, 2.05) is 6.26 Å². The highest BCUT2D eigenvalue weighted by molar-refractivity contribution is 7.98. The lowest BCUT2D eigenvalue weighted by molar-refractivity contribution is 0.467. The maximum absolute atomic E-state index is 12.2. The molecule has 0 atom stereocenters. The molecule has 1 aromatic heterocycles. The van der Waals surface area contributed by atoms with Gasteiger partial charge >= 0.3 is 0 Å². The summed E-state index contributed by atoms with van der Waals surface area (Å²) >= 11 is 1.70. The number of hydrogen-bond acceptors (Lipinski definition) is 5. The smallest absolute Gasteiger partial charge is 0.260 e. The Kier molecular flexibility index (Phi) is 6.07. The summed E-state index contributed by atoms with van der Waals surface area (Å²) in [7, 11) is -1.89. The molecule has 0 fully saturated rings. The van der Waals surface area contributed by atoms with Crippen LogP contribution in [0.5, 0.6) is 0 Å². The van der Waals surface area contributed by atoms with E-state index in [4.69, 9.17) is 5.73 Å². The molecule has 0 aliphatic heterocycles. The van der Waals surface area contributed by atoms with E-state index in [1.54, 1.807) is 24.9 Å². The minimum Gasteiger partial charge on any atom is -0.326 e. The molecule has 0 radical (unpaired) electrons. The molecular weight excluding hydrogens is 270 g/mol. The van der Waals surface area contributed by atoms with Crippen molar-refractivity contribution < 1.29 is 8.42 Å². The summed E-state index contributed by atoms with van der Waals surface area (Å²) in [6.07, 6.45) is 4.34. The van der Waals surface area contributed by atoms with E-state index < -0.39 is 10.0 Å². The van der Waals surface area contributed by atoms with Gasteiger partial charge in [-0.15, -0.1) is 0 Å². The first-order valence-electron chi connectivity index (χ1n) is 5.62. The quantitative estimate of drug-likeness (QED) is 0.755. The molecule has 1 aromatic rings. The molecule has 1 heterocycles. The lowest BCUT2D eigenvalue weighted by Crippen LogP contribution is -2.29. The van der Waals surface area contributed by atoms with Crippen molar-refractivity contribution in [2.45, 2.75) is 18.0 Å². The molecule has 0 aliphatic rings. The van der Waals surface area contributed by atoms with Crippen LogP contribution in [0, 0.1) is 0 Å². The van der Waals surface area contributed by atoms with E-state index in [-0.39, 0.29) is 5.03 Å². The molecule has 0 bridgehead atoms. The van der Waals surface area contributed by atoms with Crippen LogP contribution >= 0.6 is 11.8 Å². The zero-order valence-corrected chi connectivity index (χ0v) is 12.3. The predicted octanol–water partition coefficient (Wildman–Crippen LogP) is 0.914. The van der Waals surface area contributed by atoms with Gasteiger partial charge in [0.1, 0.15) is 0 Å². The van der Waals surface area contributed by atoms with Gasteiger partial charge in [0.05, 0.1) is 0 Å². The van der Waals surface area contributed by atoms with Gasteiger partial charge in [-0.05, 0) is 30.1 Å². The van der Waals surface area contributed by atoms with Gasteiger partial charge in [-0.3, -0.25) is 0 Å². The Bertz CT molecular complexity index is 460. The highest BCUT2D eigenvalue weighted by Gasteiger charge is 2.21. The Morgan fingerprint density at radius 1 is 1.44 bits per heavy atom. The second-order valence-corrected chi connectivity index (χ2v) is 6.86. The van der Waals surface area contributed by atoms with Gasteiger partial charge in [-0.2, -0.15) is 16.1 Å². The number of aromatic nitrogens is 1. The van der Waals surface area contributed by atoms with Crippen LogP contribution in [0.15, 0.2) is 23.4 Å². The van der Waals surface area contributed by atoms with Crippen LogP contribution in [-0.4, -0.2) is 43.3 Å². The third-order valence-corrected chi connectivity index (χ3v) is 5.00. The third-order valence-electron chi connectivity index (χ3n) is 2.53. The second kappa shape index (κ2) is 7.08. The van der Waals surface area contributed by atoms with Crippen LogP contribution in [0.4, 0.5) is 0 Å². The Hall–Kier alpha value is -0.630. The molecule has 102 valence electrons. The highest BCUT2D eigenvalue weighted by atomic mass is 32.2. The minimum absolute atomic E-state index is 0.0753.